The number of carbonyl (C=O) groups excluding carboxylic acids is 1. The van der Waals surface area contributed by atoms with E-state index in [2.05, 4.69) is 22.5 Å². The highest BCUT2D eigenvalue weighted by atomic mass is 16.1. The molecule has 1 heterocycles. The molecule has 19 heavy (non-hydrogen) atoms. The fourth-order valence-corrected chi connectivity index (χ4v) is 2.72. The largest absolute Gasteiger partial charge is 0.385 e. The molecule has 1 unspecified atom stereocenters. The van der Waals surface area contributed by atoms with Gasteiger partial charge in [0.15, 0.2) is 0 Å². The van der Waals surface area contributed by atoms with E-state index in [4.69, 9.17) is 0 Å². The van der Waals surface area contributed by atoms with Crippen LogP contribution in [0.3, 0.4) is 0 Å². The molecule has 0 aromatic carbocycles. The van der Waals surface area contributed by atoms with Crippen LogP contribution in [-0.2, 0) is 0 Å². The summed E-state index contributed by atoms with van der Waals surface area (Å²) in [6.45, 7) is 4.97. The first-order valence-electron chi connectivity index (χ1n) is 7.21. The molecule has 1 atom stereocenters. The second kappa shape index (κ2) is 6.55. The maximum atomic E-state index is 12.2. The van der Waals surface area contributed by atoms with Crippen molar-refractivity contribution in [3.63, 3.8) is 0 Å². The van der Waals surface area contributed by atoms with Crippen molar-refractivity contribution in [2.45, 2.75) is 45.6 Å². The molecule has 2 N–H and O–H groups in total. The van der Waals surface area contributed by atoms with Gasteiger partial charge < -0.3 is 10.6 Å². The molecule has 1 saturated carbocycles. The third kappa shape index (κ3) is 3.69. The van der Waals surface area contributed by atoms with Crippen molar-refractivity contribution in [3.05, 3.63) is 24.0 Å². The Morgan fingerprint density at radius 2 is 2.21 bits per heavy atom. The van der Waals surface area contributed by atoms with Gasteiger partial charge in [0.25, 0.3) is 5.91 Å². The maximum absolute atomic E-state index is 12.2. The second-order valence-electron chi connectivity index (χ2n) is 5.27. The Morgan fingerprint density at radius 1 is 1.47 bits per heavy atom. The van der Waals surface area contributed by atoms with Crippen molar-refractivity contribution in [1.82, 2.24) is 10.3 Å². The van der Waals surface area contributed by atoms with Crippen LogP contribution in [0.5, 0.6) is 0 Å². The van der Waals surface area contributed by atoms with E-state index in [9.17, 15) is 4.79 Å². The Balaban J connectivity index is 1.96. The second-order valence-corrected chi connectivity index (χ2v) is 5.27. The lowest BCUT2D eigenvalue weighted by atomic mass is 10.00. The fraction of sp³-hybridized carbons (Fsp3) is 0.600. The zero-order valence-corrected chi connectivity index (χ0v) is 11.8. The quantitative estimate of drug-likeness (QED) is 0.857. The number of hydrogen-bond acceptors (Lipinski definition) is 3. The van der Waals surface area contributed by atoms with Crippen molar-refractivity contribution in [2.24, 2.45) is 5.92 Å². The first-order chi connectivity index (χ1) is 9.20. The Labute approximate surface area is 115 Å². The van der Waals surface area contributed by atoms with Crippen LogP contribution in [0, 0.1) is 5.92 Å². The summed E-state index contributed by atoms with van der Waals surface area (Å²) in [6, 6.07) is 3.92. The van der Waals surface area contributed by atoms with Crippen LogP contribution in [0.1, 0.15) is 50.0 Å². The smallest absolute Gasteiger partial charge is 0.270 e. The van der Waals surface area contributed by atoms with Gasteiger partial charge in [0.1, 0.15) is 5.69 Å². The topological polar surface area (TPSA) is 54.0 Å². The molecular formula is C15H23N3O. The fourth-order valence-electron chi connectivity index (χ4n) is 2.72. The van der Waals surface area contributed by atoms with E-state index >= 15 is 0 Å². The summed E-state index contributed by atoms with van der Waals surface area (Å²) in [5, 5.41) is 6.27. The first kappa shape index (κ1) is 13.8. The number of aromatic nitrogens is 1. The van der Waals surface area contributed by atoms with Crippen LogP contribution in [0.15, 0.2) is 18.3 Å². The summed E-state index contributed by atoms with van der Waals surface area (Å²) in [7, 11) is 0. The summed E-state index contributed by atoms with van der Waals surface area (Å²) < 4.78 is 0. The van der Waals surface area contributed by atoms with Gasteiger partial charge in [0, 0.05) is 24.5 Å². The molecule has 0 saturated heterocycles. The summed E-state index contributed by atoms with van der Waals surface area (Å²) in [4.78, 5) is 16.3. The van der Waals surface area contributed by atoms with Gasteiger partial charge in [-0.25, -0.2) is 0 Å². The monoisotopic (exact) mass is 261 g/mol. The lowest BCUT2D eigenvalue weighted by Crippen LogP contribution is -2.37. The molecule has 1 amide bonds. The van der Waals surface area contributed by atoms with Gasteiger partial charge in [-0.2, -0.15) is 0 Å². The number of pyridine rings is 1. The van der Waals surface area contributed by atoms with Crippen LogP contribution >= 0.6 is 0 Å². The number of hydrogen-bond donors (Lipinski definition) is 2. The molecule has 1 fully saturated rings. The SMILES string of the molecule is CCNc1ccnc(C(=O)NC(C)C2CCCC2)c1. The molecule has 0 radical (unpaired) electrons. The Hall–Kier alpha value is -1.58. The first-order valence-corrected chi connectivity index (χ1v) is 7.21. The van der Waals surface area contributed by atoms with E-state index in [1.807, 2.05) is 13.0 Å². The minimum Gasteiger partial charge on any atom is -0.385 e. The summed E-state index contributed by atoms with van der Waals surface area (Å²) >= 11 is 0. The molecular weight excluding hydrogens is 238 g/mol. The predicted octanol–water partition coefficient (Wildman–Crippen LogP) is 2.82. The van der Waals surface area contributed by atoms with Gasteiger partial charge in [0.2, 0.25) is 0 Å². The number of anilines is 1. The lowest BCUT2D eigenvalue weighted by molar-refractivity contribution is 0.0922. The van der Waals surface area contributed by atoms with E-state index in [0.29, 0.717) is 11.6 Å². The minimum atomic E-state index is -0.0702. The van der Waals surface area contributed by atoms with Gasteiger partial charge in [-0.1, -0.05) is 12.8 Å². The third-order valence-electron chi connectivity index (χ3n) is 3.84. The van der Waals surface area contributed by atoms with Crippen LogP contribution in [0.2, 0.25) is 0 Å². The highest BCUT2D eigenvalue weighted by Gasteiger charge is 2.23. The molecule has 0 spiro atoms. The molecule has 4 heteroatoms. The van der Waals surface area contributed by atoms with Crippen LogP contribution in [0.25, 0.3) is 0 Å². The third-order valence-corrected chi connectivity index (χ3v) is 3.84. The molecule has 1 aromatic heterocycles. The lowest BCUT2D eigenvalue weighted by Gasteiger charge is -2.20. The van der Waals surface area contributed by atoms with Crippen molar-refractivity contribution < 1.29 is 4.79 Å². The molecule has 0 bridgehead atoms. The number of nitrogens with one attached hydrogen (secondary N) is 2. The average Bonchev–Trinajstić information content (AvgIpc) is 2.93. The van der Waals surface area contributed by atoms with E-state index in [1.165, 1.54) is 25.7 Å². The van der Waals surface area contributed by atoms with Gasteiger partial charge in [-0.05, 0) is 44.7 Å². The number of amides is 1. The van der Waals surface area contributed by atoms with Crippen molar-refractivity contribution in [2.75, 3.05) is 11.9 Å². The Morgan fingerprint density at radius 3 is 2.89 bits per heavy atom. The maximum Gasteiger partial charge on any atom is 0.270 e. The molecule has 104 valence electrons. The zero-order valence-electron chi connectivity index (χ0n) is 11.8. The normalized spacial score (nSPS) is 17.2. The highest BCUT2D eigenvalue weighted by Crippen LogP contribution is 2.27. The molecule has 2 rings (SSSR count). The zero-order chi connectivity index (χ0) is 13.7. The molecule has 0 aliphatic heterocycles. The number of carbonyl (C=O) groups is 1. The summed E-state index contributed by atoms with van der Waals surface area (Å²) in [6.07, 6.45) is 6.71. The molecule has 1 aliphatic carbocycles. The summed E-state index contributed by atoms with van der Waals surface area (Å²) in [5.41, 5.74) is 1.43. The summed E-state index contributed by atoms with van der Waals surface area (Å²) in [5.74, 6) is 0.556. The van der Waals surface area contributed by atoms with E-state index in [0.717, 1.165) is 12.2 Å². The minimum absolute atomic E-state index is 0.0702. The van der Waals surface area contributed by atoms with Crippen molar-refractivity contribution >= 4 is 11.6 Å². The van der Waals surface area contributed by atoms with Gasteiger partial charge in [-0.3, -0.25) is 9.78 Å². The van der Waals surface area contributed by atoms with Gasteiger partial charge >= 0.3 is 0 Å². The highest BCUT2D eigenvalue weighted by molar-refractivity contribution is 5.93. The Bertz CT molecular complexity index is 427. The van der Waals surface area contributed by atoms with E-state index in [-0.39, 0.29) is 11.9 Å². The average molecular weight is 261 g/mol. The van der Waals surface area contributed by atoms with Crippen LogP contribution in [-0.4, -0.2) is 23.5 Å². The van der Waals surface area contributed by atoms with E-state index < -0.39 is 0 Å². The van der Waals surface area contributed by atoms with Crippen molar-refractivity contribution in [3.8, 4) is 0 Å². The molecule has 1 aliphatic rings. The predicted molar refractivity (Wildman–Crippen MR) is 77.3 cm³/mol. The standard InChI is InChI=1S/C15H23N3O/c1-3-16-13-8-9-17-14(10-13)15(19)18-11(2)12-6-4-5-7-12/h8-12H,3-7H2,1-2H3,(H,16,17)(H,18,19). The van der Waals surface area contributed by atoms with Crippen LogP contribution < -0.4 is 10.6 Å². The molecule has 1 aromatic rings. The van der Waals surface area contributed by atoms with Crippen LogP contribution in [0.4, 0.5) is 5.69 Å². The van der Waals surface area contributed by atoms with Crippen molar-refractivity contribution in [1.29, 1.82) is 0 Å². The number of nitrogens with zero attached hydrogens (tertiary/aromatic N) is 1. The Kier molecular flexibility index (Phi) is 4.77. The van der Waals surface area contributed by atoms with E-state index in [1.54, 1.807) is 12.3 Å². The molecule has 4 nitrogen and oxygen atoms in total. The van der Waals surface area contributed by atoms with Gasteiger partial charge in [-0.15, -0.1) is 0 Å². The number of rotatable bonds is 5. The van der Waals surface area contributed by atoms with Gasteiger partial charge in [0.05, 0.1) is 0 Å².